The maximum absolute atomic E-state index is 11.3. The molecule has 0 saturated carbocycles. The molecule has 5 nitrogen and oxygen atoms in total. The van der Waals surface area contributed by atoms with Crippen LogP contribution in [0.15, 0.2) is 29.3 Å². The van der Waals surface area contributed by atoms with Crippen molar-refractivity contribution in [2.45, 2.75) is 0 Å². The summed E-state index contributed by atoms with van der Waals surface area (Å²) in [6.07, 6.45) is 1.25. The lowest BCUT2D eigenvalue weighted by Gasteiger charge is -1.98. The predicted molar refractivity (Wildman–Crippen MR) is 49.3 cm³/mol. The molecule has 0 unspecified atom stereocenters. The molecule has 0 aliphatic heterocycles. The van der Waals surface area contributed by atoms with Gasteiger partial charge in [0.25, 0.3) is 5.56 Å². The van der Waals surface area contributed by atoms with Crippen molar-refractivity contribution in [3.05, 3.63) is 40.4 Å². The van der Waals surface area contributed by atoms with Gasteiger partial charge in [-0.2, -0.15) is 0 Å². The van der Waals surface area contributed by atoms with E-state index >= 15 is 0 Å². The number of aromatic amines is 1. The van der Waals surface area contributed by atoms with Crippen molar-refractivity contribution in [3.8, 4) is 0 Å². The van der Waals surface area contributed by atoms with Crippen molar-refractivity contribution >= 4 is 16.9 Å². The number of aromatic carboxylic acids is 1. The van der Waals surface area contributed by atoms with Gasteiger partial charge in [-0.05, 0) is 12.1 Å². The number of fused-ring (bicyclic) bond motifs is 1. The first-order chi connectivity index (χ1) is 6.70. The van der Waals surface area contributed by atoms with Crippen LogP contribution in [0.3, 0.4) is 0 Å². The highest BCUT2D eigenvalue weighted by Crippen LogP contribution is 2.11. The van der Waals surface area contributed by atoms with E-state index in [2.05, 4.69) is 9.97 Å². The fourth-order valence-electron chi connectivity index (χ4n) is 1.30. The summed E-state index contributed by atoms with van der Waals surface area (Å²) >= 11 is 0. The summed E-state index contributed by atoms with van der Waals surface area (Å²) < 4.78 is 0. The zero-order valence-electron chi connectivity index (χ0n) is 7.02. The second-order valence-corrected chi connectivity index (χ2v) is 2.74. The lowest BCUT2D eigenvalue weighted by atomic mass is 10.1. The zero-order chi connectivity index (χ0) is 10.1. The standard InChI is InChI=1S/C9H6N2O3/c12-8-7-5(9(13)14)2-1-3-6(7)10-4-11-8/h1-4H,(H,13,14)(H,10,11,12). The number of carbonyl (C=O) groups is 1. The number of rotatable bonds is 1. The summed E-state index contributed by atoms with van der Waals surface area (Å²) in [4.78, 5) is 28.3. The van der Waals surface area contributed by atoms with Crippen LogP contribution in [0, 0.1) is 0 Å². The number of carboxylic acid groups (broad SMARTS) is 1. The molecule has 14 heavy (non-hydrogen) atoms. The second kappa shape index (κ2) is 2.95. The third-order valence-electron chi connectivity index (χ3n) is 1.90. The number of nitrogens with one attached hydrogen (secondary N) is 1. The van der Waals surface area contributed by atoms with Gasteiger partial charge in [-0.1, -0.05) is 6.07 Å². The predicted octanol–water partition coefficient (Wildman–Crippen LogP) is 0.621. The Morgan fingerprint density at radius 2 is 2.21 bits per heavy atom. The Labute approximate surface area is 78.0 Å². The Hall–Kier alpha value is -2.17. The van der Waals surface area contributed by atoms with Crippen molar-refractivity contribution in [1.29, 1.82) is 0 Å². The Morgan fingerprint density at radius 3 is 2.93 bits per heavy atom. The Morgan fingerprint density at radius 1 is 1.43 bits per heavy atom. The highest BCUT2D eigenvalue weighted by Gasteiger charge is 2.10. The van der Waals surface area contributed by atoms with E-state index in [1.165, 1.54) is 12.4 Å². The number of H-pyrrole nitrogens is 1. The average Bonchev–Trinajstić information content (AvgIpc) is 2.17. The van der Waals surface area contributed by atoms with E-state index in [0.29, 0.717) is 5.52 Å². The fourth-order valence-corrected chi connectivity index (χ4v) is 1.30. The van der Waals surface area contributed by atoms with Gasteiger partial charge in [0.15, 0.2) is 0 Å². The summed E-state index contributed by atoms with van der Waals surface area (Å²) in [6, 6.07) is 4.52. The lowest BCUT2D eigenvalue weighted by Crippen LogP contribution is -2.11. The smallest absolute Gasteiger partial charge is 0.336 e. The zero-order valence-corrected chi connectivity index (χ0v) is 7.02. The Kier molecular flexibility index (Phi) is 1.78. The van der Waals surface area contributed by atoms with Gasteiger partial charge in [-0.15, -0.1) is 0 Å². The number of nitrogens with zero attached hydrogens (tertiary/aromatic N) is 1. The number of aromatic nitrogens is 2. The molecule has 1 aromatic heterocycles. The van der Waals surface area contributed by atoms with Crippen molar-refractivity contribution < 1.29 is 9.90 Å². The molecular formula is C9H6N2O3. The van der Waals surface area contributed by atoms with Gasteiger partial charge in [0.05, 0.1) is 22.8 Å². The van der Waals surface area contributed by atoms with E-state index in [1.54, 1.807) is 12.1 Å². The molecule has 2 aromatic rings. The van der Waals surface area contributed by atoms with E-state index in [9.17, 15) is 9.59 Å². The minimum atomic E-state index is -1.13. The van der Waals surface area contributed by atoms with Crippen molar-refractivity contribution in [2.75, 3.05) is 0 Å². The Balaban J connectivity index is 2.99. The van der Waals surface area contributed by atoms with Gasteiger partial charge in [-0.25, -0.2) is 9.78 Å². The third-order valence-corrected chi connectivity index (χ3v) is 1.90. The SMILES string of the molecule is O=C(O)c1cccc2nc[nH]c(=O)c12. The molecule has 1 heterocycles. The van der Waals surface area contributed by atoms with Crippen LogP contribution < -0.4 is 5.56 Å². The van der Waals surface area contributed by atoms with E-state index in [1.807, 2.05) is 0 Å². The second-order valence-electron chi connectivity index (χ2n) is 2.74. The first-order valence-corrected chi connectivity index (χ1v) is 3.90. The monoisotopic (exact) mass is 190 g/mol. The van der Waals surface area contributed by atoms with Gasteiger partial charge in [-0.3, -0.25) is 4.79 Å². The minimum absolute atomic E-state index is 0.0307. The van der Waals surface area contributed by atoms with E-state index < -0.39 is 11.5 Å². The van der Waals surface area contributed by atoms with Gasteiger partial charge < -0.3 is 10.1 Å². The van der Waals surface area contributed by atoms with Crippen LogP contribution in [0.1, 0.15) is 10.4 Å². The van der Waals surface area contributed by atoms with Crippen LogP contribution >= 0.6 is 0 Å². The molecule has 0 fully saturated rings. The number of hydrogen-bond donors (Lipinski definition) is 2. The molecule has 0 saturated heterocycles. The molecule has 0 aliphatic rings. The number of benzene rings is 1. The van der Waals surface area contributed by atoms with Crippen LogP contribution in [0.4, 0.5) is 0 Å². The van der Waals surface area contributed by atoms with E-state index in [-0.39, 0.29) is 10.9 Å². The Bertz CT molecular complexity index is 554. The molecule has 70 valence electrons. The van der Waals surface area contributed by atoms with Crippen LogP contribution in [-0.2, 0) is 0 Å². The molecule has 0 bridgehead atoms. The van der Waals surface area contributed by atoms with Crippen LogP contribution in [0.2, 0.25) is 0 Å². The van der Waals surface area contributed by atoms with E-state index in [0.717, 1.165) is 0 Å². The maximum Gasteiger partial charge on any atom is 0.336 e. The van der Waals surface area contributed by atoms with Crippen molar-refractivity contribution in [2.24, 2.45) is 0 Å². The first-order valence-electron chi connectivity index (χ1n) is 3.90. The van der Waals surface area contributed by atoms with Crippen molar-refractivity contribution in [3.63, 3.8) is 0 Å². The van der Waals surface area contributed by atoms with Gasteiger partial charge in [0.2, 0.25) is 0 Å². The lowest BCUT2D eigenvalue weighted by molar-refractivity contribution is 0.0699. The van der Waals surface area contributed by atoms with Crippen LogP contribution in [0.5, 0.6) is 0 Å². The molecular weight excluding hydrogens is 184 g/mol. The molecule has 0 spiro atoms. The van der Waals surface area contributed by atoms with Gasteiger partial charge >= 0.3 is 5.97 Å². The topological polar surface area (TPSA) is 83.0 Å². The summed E-state index contributed by atoms with van der Waals surface area (Å²) in [7, 11) is 0. The molecule has 2 rings (SSSR count). The summed E-state index contributed by atoms with van der Waals surface area (Å²) in [5, 5.41) is 8.94. The molecule has 0 amide bonds. The number of hydrogen-bond acceptors (Lipinski definition) is 3. The molecule has 0 radical (unpaired) electrons. The molecule has 0 atom stereocenters. The van der Waals surface area contributed by atoms with Crippen molar-refractivity contribution in [1.82, 2.24) is 9.97 Å². The molecule has 5 heteroatoms. The van der Waals surface area contributed by atoms with Crippen LogP contribution in [-0.4, -0.2) is 21.0 Å². The highest BCUT2D eigenvalue weighted by atomic mass is 16.4. The minimum Gasteiger partial charge on any atom is -0.478 e. The largest absolute Gasteiger partial charge is 0.478 e. The van der Waals surface area contributed by atoms with Gasteiger partial charge in [0.1, 0.15) is 0 Å². The fraction of sp³-hybridized carbons (Fsp3) is 0. The van der Waals surface area contributed by atoms with E-state index in [4.69, 9.17) is 5.11 Å². The quantitative estimate of drug-likeness (QED) is 0.690. The summed E-state index contributed by atoms with van der Waals surface area (Å²) in [5.74, 6) is -1.13. The third kappa shape index (κ3) is 1.15. The summed E-state index contributed by atoms with van der Waals surface area (Å²) in [6.45, 7) is 0. The van der Waals surface area contributed by atoms with Gasteiger partial charge in [0, 0.05) is 0 Å². The highest BCUT2D eigenvalue weighted by molar-refractivity contribution is 6.01. The molecule has 1 aromatic carbocycles. The molecule has 0 aliphatic carbocycles. The normalized spacial score (nSPS) is 10.3. The van der Waals surface area contributed by atoms with Crippen LogP contribution in [0.25, 0.3) is 10.9 Å². The average molecular weight is 190 g/mol. The summed E-state index contributed by atoms with van der Waals surface area (Å²) in [5.41, 5.74) is -0.0847. The maximum atomic E-state index is 11.3. The first kappa shape index (κ1) is 8.43. The number of carboxylic acids is 1. The molecule has 2 N–H and O–H groups in total.